The maximum Gasteiger partial charge on any atom is 0.329 e. The van der Waals surface area contributed by atoms with Gasteiger partial charge in [-0.3, -0.25) is 9.80 Å². The molecule has 0 aliphatic heterocycles. The average Bonchev–Trinajstić information content (AvgIpc) is 2.72. The summed E-state index contributed by atoms with van der Waals surface area (Å²) >= 11 is 0. The van der Waals surface area contributed by atoms with Gasteiger partial charge in [0.2, 0.25) is 0 Å². The van der Waals surface area contributed by atoms with Crippen LogP contribution in [0.4, 0.5) is 16.2 Å². The maximum absolute atomic E-state index is 13.4. The van der Waals surface area contributed by atoms with Crippen molar-refractivity contribution >= 4 is 17.4 Å². The highest BCUT2D eigenvalue weighted by atomic mass is 16.2. The summed E-state index contributed by atoms with van der Waals surface area (Å²) in [6.45, 7) is 2.65. The number of aryl methyl sites for hydroxylation is 1. The lowest BCUT2D eigenvalue weighted by atomic mass is 10.1. The monoisotopic (exact) mass is 344 g/mol. The van der Waals surface area contributed by atoms with E-state index in [-0.39, 0.29) is 6.03 Å². The van der Waals surface area contributed by atoms with Crippen LogP contribution in [-0.4, -0.2) is 13.1 Å². The molecule has 3 aromatic rings. The Morgan fingerprint density at radius 1 is 0.808 bits per heavy atom. The Morgan fingerprint density at radius 2 is 1.38 bits per heavy atom. The largest absolute Gasteiger partial charge is 0.329 e. The number of hydrogen-bond donors (Lipinski definition) is 0. The van der Waals surface area contributed by atoms with Gasteiger partial charge in [-0.05, 0) is 35.7 Å². The van der Waals surface area contributed by atoms with Gasteiger partial charge in [0.15, 0.2) is 0 Å². The van der Waals surface area contributed by atoms with Gasteiger partial charge in [0, 0.05) is 18.4 Å². The van der Waals surface area contributed by atoms with Gasteiger partial charge < -0.3 is 0 Å². The van der Waals surface area contributed by atoms with Crippen LogP contribution in [0.5, 0.6) is 0 Å². The van der Waals surface area contributed by atoms with Crippen molar-refractivity contribution in [3.05, 3.63) is 96.1 Å². The fraction of sp³-hybridized carbons (Fsp3) is 0.174. The van der Waals surface area contributed by atoms with Crippen molar-refractivity contribution < 1.29 is 4.79 Å². The summed E-state index contributed by atoms with van der Waals surface area (Å²) in [5.41, 5.74) is 4.11. The quantitative estimate of drug-likeness (QED) is 0.598. The predicted octanol–water partition coefficient (Wildman–Crippen LogP) is 5.51. The average molecular weight is 344 g/mol. The van der Waals surface area contributed by atoms with Crippen LogP contribution < -0.4 is 9.80 Å². The molecule has 3 rings (SSSR count). The molecule has 0 radical (unpaired) electrons. The minimum atomic E-state index is -0.0408. The van der Waals surface area contributed by atoms with Gasteiger partial charge in [0.25, 0.3) is 0 Å². The van der Waals surface area contributed by atoms with Crippen molar-refractivity contribution in [3.63, 3.8) is 0 Å². The van der Waals surface area contributed by atoms with Crippen molar-refractivity contribution in [2.45, 2.75) is 19.9 Å². The highest BCUT2D eigenvalue weighted by molar-refractivity contribution is 6.03. The number of benzene rings is 3. The Labute approximate surface area is 155 Å². The number of urea groups is 1. The summed E-state index contributed by atoms with van der Waals surface area (Å²) in [6.07, 6.45) is 0.879. The molecule has 3 aromatic carbocycles. The first-order valence-corrected chi connectivity index (χ1v) is 8.92. The van der Waals surface area contributed by atoms with E-state index in [4.69, 9.17) is 0 Å². The Hall–Kier alpha value is -3.07. The number of anilines is 2. The Balaban J connectivity index is 1.98. The molecule has 0 heterocycles. The third-order valence-corrected chi connectivity index (χ3v) is 4.51. The van der Waals surface area contributed by atoms with Crippen LogP contribution in [-0.2, 0) is 13.0 Å². The van der Waals surface area contributed by atoms with Gasteiger partial charge >= 0.3 is 6.03 Å². The minimum Gasteiger partial charge on any atom is -0.297 e. The second-order valence-electron chi connectivity index (χ2n) is 6.23. The van der Waals surface area contributed by atoms with Crippen LogP contribution in [0.15, 0.2) is 84.9 Å². The van der Waals surface area contributed by atoms with Crippen LogP contribution >= 0.6 is 0 Å². The lowest BCUT2D eigenvalue weighted by Gasteiger charge is -2.30. The fourth-order valence-electron chi connectivity index (χ4n) is 3.04. The normalized spacial score (nSPS) is 10.4. The van der Waals surface area contributed by atoms with E-state index in [1.165, 1.54) is 5.56 Å². The molecule has 0 aromatic heterocycles. The van der Waals surface area contributed by atoms with Crippen LogP contribution in [0.3, 0.4) is 0 Å². The zero-order valence-corrected chi connectivity index (χ0v) is 15.3. The molecule has 0 atom stereocenters. The Bertz CT molecular complexity index is 846. The summed E-state index contributed by atoms with van der Waals surface area (Å²) in [5.74, 6) is 0. The van der Waals surface area contributed by atoms with Gasteiger partial charge in [-0.25, -0.2) is 4.79 Å². The highest BCUT2D eigenvalue weighted by Gasteiger charge is 2.22. The number of nitrogens with zero attached hydrogens (tertiary/aromatic N) is 2. The van der Waals surface area contributed by atoms with E-state index in [2.05, 4.69) is 25.1 Å². The molecule has 0 saturated carbocycles. The van der Waals surface area contributed by atoms with E-state index >= 15 is 0 Å². The summed E-state index contributed by atoms with van der Waals surface area (Å²) in [4.78, 5) is 16.9. The lowest BCUT2D eigenvalue weighted by Crippen LogP contribution is -2.41. The van der Waals surface area contributed by atoms with E-state index in [0.717, 1.165) is 23.4 Å². The first-order valence-electron chi connectivity index (χ1n) is 8.92. The molecule has 0 fully saturated rings. The second kappa shape index (κ2) is 8.34. The second-order valence-corrected chi connectivity index (χ2v) is 6.23. The fourth-order valence-corrected chi connectivity index (χ4v) is 3.04. The topological polar surface area (TPSA) is 23.6 Å². The van der Waals surface area contributed by atoms with Crippen LogP contribution in [0.2, 0.25) is 0 Å². The van der Waals surface area contributed by atoms with Crippen molar-refractivity contribution in [3.8, 4) is 0 Å². The molecule has 0 saturated heterocycles. The molecule has 26 heavy (non-hydrogen) atoms. The van der Waals surface area contributed by atoms with Crippen LogP contribution in [0.1, 0.15) is 18.1 Å². The van der Waals surface area contributed by atoms with Crippen molar-refractivity contribution in [1.29, 1.82) is 0 Å². The van der Waals surface area contributed by atoms with E-state index in [1.54, 1.807) is 4.90 Å². The molecule has 0 bridgehead atoms. The SMILES string of the molecule is CCc1ccccc1N(Cc1ccccc1)C(=O)N(C)c1ccccc1. The van der Waals surface area contributed by atoms with Crippen LogP contribution in [0, 0.1) is 0 Å². The van der Waals surface area contributed by atoms with Crippen molar-refractivity contribution in [2.75, 3.05) is 16.8 Å². The molecule has 0 aliphatic rings. The number of amides is 2. The van der Waals surface area contributed by atoms with E-state index in [1.807, 2.05) is 78.7 Å². The van der Waals surface area contributed by atoms with Gasteiger partial charge in [-0.2, -0.15) is 0 Å². The zero-order chi connectivity index (χ0) is 18.4. The minimum absolute atomic E-state index is 0.0408. The van der Waals surface area contributed by atoms with E-state index in [0.29, 0.717) is 6.54 Å². The van der Waals surface area contributed by atoms with Crippen molar-refractivity contribution in [1.82, 2.24) is 0 Å². The molecule has 0 spiro atoms. The Kier molecular flexibility index (Phi) is 5.69. The van der Waals surface area contributed by atoms with Gasteiger partial charge in [0.1, 0.15) is 0 Å². The molecule has 0 unspecified atom stereocenters. The predicted molar refractivity (Wildman–Crippen MR) is 109 cm³/mol. The summed E-state index contributed by atoms with van der Waals surface area (Å²) in [7, 11) is 1.82. The van der Waals surface area contributed by atoms with Crippen LogP contribution in [0.25, 0.3) is 0 Å². The van der Waals surface area contributed by atoms with Crippen molar-refractivity contribution in [2.24, 2.45) is 0 Å². The standard InChI is InChI=1S/C23H24N2O/c1-3-20-14-10-11-17-22(20)25(18-19-12-6-4-7-13-19)23(26)24(2)21-15-8-5-9-16-21/h4-17H,3,18H2,1-2H3. The smallest absolute Gasteiger partial charge is 0.297 e. The number of hydrogen-bond acceptors (Lipinski definition) is 1. The van der Waals surface area contributed by atoms with Gasteiger partial charge in [-0.1, -0.05) is 73.7 Å². The number of carbonyl (C=O) groups is 1. The number of para-hydroxylation sites is 2. The first-order chi connectivity index (χ1) is 12.7. The van der Waals surface area contributed by atoms with E-state index < -0.39 is 0 Å². The number of carbonyl (C=O) groups excluding carboxylic acids is 1. The van der Waals surface area contributed by atoms with Gasteiger partial charge in [-0.15, -0.1) is 0 Å². The third-order valence-electron chi connectivity index (χ3n) is 4.51. The summed E-state index contributed by atoms with van der Waals surface area (Å²) in [5, 5.41) is 0. The maximum atomic E-state index is 13.4. The molecule has 2 amide bonds. The zero-order valence-electron chi connectivity index (χ0n) is 15.3. The molecule has 3 nitrogen and oxygen atoms in total. The van der Waals surface area contributed by atoms with E-state index in [9.17, 15) is 4.79 Å². The summed E-state index contributed by atoms with van der Waals surface area (Å²) < 4.78 is 0. The lowest BCUT2D eigenvalue weighted by molar-refractivity contribution is 0.252. The first kappa shape index (κ1) is 17.7. The van der Waals surface area contributed by atoms with Gasteiger partial charge in [0.05, 0.1) is 6.54 Å². The number of rotatable bonds is 5. The molecule has 0 N–H and O–H groups in total. The molecule has 132 valence electrons. The third kappa shape index (κ3) is 3.94. The molecular weight excluding hydrogens is 320 g/mol. The molecule has 0 aliphatic carbocycles. The molecular formula is C23H24N2O. The Morgan fingerprint density at radius 3 is 2.04 bits per heavy atom. The summed E-state index contributed by atoms with van der Waals surface area (Å²) in [6, 6.07) is 27.9. The molecule has 3 heteroatoms. The highest BCUT2D eigenvalue weighted by Crippen LogP contribution is 2.25.